The highest BCUT2D eigenvalue weighted by Gasteiger charge is 2.35. The van der Waals surface area contributed by atoms with Gasteiger partial charge in [-0.3, -0.25) is 9.59 Å². The molecule has 0 radical (unpaired) electrons. The maximum absolute atomic E-state index is 13.9. The SMILES string of the molecule is CCCCSc1nc2n(n1)C(c1ccc(OCC(=O)N3CCCCC3)cc1)C(C(=O)Nc1ccccc1OCC)=C(C)N2. The molecule has 2 amide bonds. The fraction of sp³-hybridized carbons (Fsp3) is 0.438. The Morgan fingerprint density at radius 3 is 2.56 bits per heavy atom. The molecule has 1 aromatic heterocycles. The van der Waals surface area contributed by atoms with Crippen molar-refractivity contribution in [3.63, 3.8) is 0 Å². The van der Waals surface area contributed by atoms with E-state index in [0.717, 1.165) is 50.1 Å². The Morgan fingerprint density at radius 2 is 1.81 bits per heavy atom. The number of likely N-dealkylation sites (tertiary alicyclic amines) is 1. The first-order valence-corrected chi connectivity index (χ1v) is 16.1. The van der Waals surface area contributed by atoms with E-state index in [1.807, 2.05) is 67.3 Å². The lowest BCUT2D eigenvalue weighted by molar-refractivity contribution is -0.134. The minimum absolute atomic E-state index is 0.00414. The number of unbranched alkanes of at least 4 members (excludes halogenated alkanes) is 1. The fourth-order valence-electron chi connectivity index (χ4n) is 5.27. The lowest BCUT2D eigenvalue weighted by atomic mass is 9.95. The minimum atomic E-state index is -0.535. The maximum atomic E-state index is 13.9. The number of rotatable bonds is 12. The Balaban J connectivity index is 1.41. The molecule has 1 atom stereocenters. The van der Waals surface area contributed by atoms with Gasteiger partial charge in [-0.05, 0) is 69.4 Å². The van der Waals surface area contributed by atoms with Crippen molar-refractivity contribution < 1.29 is 19.1 Å². The molecule has 1 fully saturated rings. The number of fused-ring (bicyclic) bond motifs is 1. The van der Waals surface area contributed by atoms with Crippen molar-refractivity contribution in [2.24, 2.45) is 0 Å². The van der Waals surface area contributed by atoms with Gasteiger partial charge in [-0.15, -0.1) is 5.10 Å². The summed E-state index contributed by atoms with van der Waals surface area (Å²) in [6.45, 7) is 8.01. The van der Waals surface area contributed by atoms with Crippen LogP contribution >= 0.6 is 11.8 Å². The molecule has 1 unspecified atom stereocenters. The molecule has 228 valence electrons. The van der Waals surface area contributed by atoms with Crippen LogP contribution in [0.1, 0.15) is 64.5 Å². The average Bonchev–Trinajstić information content (AvgIpc) is 3.43. The number of nitrogens with one attached hydrogen (secondary N) is 2. The first kappa shape index (κ1) is 30.5. The number of carbonyl (C=O) groups excluding carboxylic acids is 2. The smallest absolute Gasteiger partial charge is 0.260 e. The predicted molar refractivity (Wildman–Crippen MR) is 169 cm³/mol. The van der Waals surface area contributed by atoms with Crippen LogP contribution in [-0.2, 0) is 9.59 Å². The number of para-hydroxylation sites is 2. The van der Waals surface area contributed by atoms with E-state index in [0.29, 0.717) is 46.2 Å². The van der Waals surface area contributed by atoms with Gasteiger partial charge in [0.05, 0.1) is 17.9 Å². The van der Waals surface area contributed by atoms with E-state index in [9.17, 15) is 9.59 Å². The molecule has 1 saturated heterocycles. The van der Waals surface area contributed by atoms with Gasteiger partial charge in [0.15, 0.2) is 6.61 Å². The number of piperidine rings is 1. The van der Waals surface area contributed by atoms with Gasteiger partial charge in [-0.1, -0.05) is 49.4 Å². The third-order valence-electron chi connectivity index (χ3n) is 7.51. The largest absolute Gasteiger partial charge is 0.492 e. The van der Waals surface area contributed by atoms with Crippen LogP contribution in [0.15, 0.2) is 65.0 Å². The lowest BCUT2D eigenvalue weighted by Crippen LogP contribution is -2.38. The number of hydrogen-bond donors (Lipinski definition) is 2. The Kier molecular flexibility index (Phi) is 10.2. The summed E-state index contributed by atoms with van der Waals surface area (Å²) < 4.78 is 13.4. The number of hydrogen-bond acceptors (Lipinski definition) is 8. The molecule has 0 bridgehead atoms. The first-order valence-electron chi connectivity index (χ1n) is 15.1. The molecule has 3 heterocycles. The summed E-state index contributed by atoms with van der Waals surface area (Å²) in [6.07, 6.45) is 5.41. The van der Waals surface area contributed by atoms with Gasteiger partial charge in [-0.2, -0.15) is 4.98 Å². The predicted octanol–water partition coefficient (Wildman–Crippen LogP) is 5.89. The van der Waals surface area contributed by atoms with Crippen LogP contribution in [0.5, 0.6) is 11.5 Å². The number of allylic oxidation sites excluding steroid dienone is 1. The molecule has 2 N–H and O–H groups in total. The summed E-state index contributed by atoms with van der Waals surface area (Å²) in [5.74, 6) is 2.44. The molecule has 2 aromatic carbocycles. The molecule has 5 rings (SSSR count). The highest BCUT2D eigenvalue weighted by molar-refractivity contribution is 7.99. The van der Waals surface area contributed by atoms with Crippen LogP contribution in [0.2, 0.25) is 0 Å². The van der Waals surface area contributed by atoms with Crippen LogP contribution < -0.4 is 20.1 Å². The quantitative estimate of drug-likeness (QED) is 0.195. The molecule has 10 nitrogen and oxygen atoms in total. The number of ether oxygens (including phenoxy) is 2. The number of anilines is 2. The topological polar surface area (TPSA) is 111 Å². The van der Waals surface area contributed by atoms with E-state index < -0.39 is 6.04 Å². The van der Waals surface area contributed by atoms with Crippen molar-refractivity contribution in [1.29, 1.82) is 0 Å². The van der Waals surface area contributed by atoms with Crippen molar-refractivity contribution in [2.45, 2.75) is 64.1 Å². The van der Waals surface area contributed by atoms with Gasteiger partial charge < -0.3 is 25.0 Å². The standard InChI is InChI=1S/C32H40N6O4S/c1-4-6-20-43-32-35-31-33-22(3)28(30(40)34-25-12-8-9-13-26(25)41-5-2)29(38(31)36-32)23-14-16-24(17-15-23)42-21-27(39)37-18-10-7-11-19-37/h8-9,12-17,29H,4-7,10-11,18-21H2,1-3H3,(H,34,40)(H,33,35,36). The van der Waals surface area contributed by atoms with E-state index in [-0.39, 0.29) is 18.4 Å². The van der Waals surface area contributed by atoms with Crippen molar-refractivity contribution in [1.82, 2.24) is 19.7 Å². The maximum Gasteiger partial charge on any atom is 0.260 e. The van der Waals surface area contributed by atoms with E-state index in [4.69, 9.17) is 19.6 Å². The zero-order valence-corrected chi connectivity index (χ0v) is 25.9. The third-order valence-corrected chi connectivity index (χ3v) is 8.43. The number of carbonyl (C=O) groups is 2. The van der Waals surface area contributed by atoms with Crippen molar-refractivity contribution in [3.05, 3.63) is 65.4 Å². The molecule has 11 heteroatoms. The summed E-state index contributed by atoms with van der Waals surface area (Å²) in [5.41, 5.74) is 2.64. The van der Waals surface area contributed by atoms with Crippen molar-refractivity contribution in [3.8, 4) is 11.5 Å². The molecular formula is C32H40N6O4S. The van der Waals surface area contributed by atoms with Gasteiger partial charge in [0, 0.05) is 24.5 Å². The Bertz CT molecular complexity index is 1450. The Hall–Kier alpha value is -3.99. The second kappa shape index (κ2) is 14.5. The zero-order valence-electron chi connectivity index (χ0n) is 25.1. The van der Waals surface area contributed by atoms with Gasteiger partial charge in [0.25, 0.3) is 11.8 Å². The lowest BCUT2D eigenvalue weighted by Gasteiger charge is -2.29. The van der Waals surface area contributed by atoms with Crippen molar-refractivity contribution >= 4 is 35.2 Å². The first-order chi connectivity index (χ1) is 21.0. The van der Waals surface area contributed by atoms with E-state index in [2.05, 4.69) is 17.6 Å². The van der Waals surface area contributed by atoms with E-state index in [1.54, 1.807) is 16.4 Å². The summed E-state index contributed by atoms with van der Waals surface area (Å²) in [6, 6.07) is 14.4. The summed E-state index contributed by atoms with van der Waals surface area (Å²) >= 11 is 1.61. The Morgan fingerprint density at radius 1 is 1.05 bits per heavy atom. The highest BCUT2D eigenvalue weighted by atomic mass is 32.2. The van der Waals surface area contributed by atoms with Crippen molar-refractivity contribution in [2.75, 3.05) is 42.7 Å². The van der Waals surface area contributed by atoms with Crippen LogP contribution in [0.3, 0.4) is 0 Å². The molecule has 0 aliphatic carbocycles. The summed E-state index contributed by atoms with van der Waals surface area (Å²) in [7, 11) is 0. The van der Waals surface area contributed by atoms with E-state index >= 15 is 0 Å². The van der Waals surface area contributed by atoms with Gasteiger partial charge in [0.1, 0.15) is 17.5 Å². The number of benzene rings is 2. The zero-order chi connectivity index (χ0) is 30.2. The molecular weight excluding hydrogens is 564 g/mol. The molecule has 2 aliphatic rings. The van der Waals surface area contributed by atoms with Crippen LogP contribution in [-0.4, -0.2) is 63.5 Å². The summed E-state index contributed by atoms with van der Waals surface area (Å²) in [4.78, 5) is 33.1. The van der Waals surface area contributed by atoms with Crippen LogP contribution in [0, 0.1) is 0 Å². The molecule has 43 heavy (non-hydrogen) atoms. The molecule has 0 saturated carbocycles. The van der Waals surface area contributed by atoms with E-state index in [1.165, 1.54) is 6.42 Å². The highest BCUT2D eigenvalue weighted by Crippen LogP contribution is 2.38. The fourth-order valence-corrected chi connectivity index (χ4v) is 6.18. The average molecular weight is 605 g/mol. The number of thioether (sulfide) groups is 1. The van der Waals surface area contributed by atoms with Crippen LogP contribution in [0.4, 0.5) is 11.6 Å². The number of aromatic nitrogens is 3. The molecule has 3 aromatic rings. The normalized spacial score (nSPS) is 16.3. The van der Waals surface area contributed by atoms with Gasteiger partial charge >= 0.3 is 0 Å². The van der Waals surface area contributed by atoms with Gasteiger partial charge in [-0.25, -0.2) is 4.68 Å². The van der Waals surface area contributed by atoms with Gasteiger partial charge in [0.2, 0.25) is 11.1 Å². The number of amides is 2. The second-order valence-corrected chi connectivity index (χ2v) is 11.7. The number of nitrogens with zero attached hydrogens (tertiary/aromatic N) is 4. The summed E-state index contributed by atoms with van der Waals surface area (Å²) in [5, 5.41) is 11.8. The minimum Gasteiger partial charge on any atom is -0.492 e. The molecule has 2 aliphatic heterocycles. The van der Waals surface area contributed by atoms with Crippen LogP contribution in [0.25, 0.3) is 0 Å². The molecule has 0 spiro atoms. The second-order valence-electron chi connectivity index (χ2n) is 10.6. The third kappa shape index (κ3) is 7.33. The monoisotopic (exact) mass is 604 g/mol. The Labute approximate surface area is 257 Å².